The zero-order valence-electron chi connectivity index (χ0n) is 9.53. The molecule has 1 amide bonds. The van der Waals surface area contributed by atoms with Crippen LogP contribution >= 0.6 is 24.0 Å². The average molecular weight is 279 g/mol. The maximum absolute atomic E-state index is 11.2. The second-order valence-electron chi connectivity index (χ2n) is 3.34. The Balaban J connectivity index is 0.00000256. The van der Waals surface area contributed by atoms with Crippen molar-refractivity contribution in [2.45, 2.75) is 6.92 Å². The highest BCUT2D eigenvalue weighted by Crippen LogP contribution is 2.21. The Bertz CT molecular complexity index is 372. The summed E-state index contributed by atoms with van der Waals surface area (Å²) in [5.41, 5.74) is 6.16. The predicted molar refractivity (Wildman–Crippen MR) is 71.0 cm³/mol. The van der Waals surface area contributed by atoms with Gasteiger partial charge in [-0.2, -0.15) is 0 Å². The normalized spacial score (nSPS) is 9.35. The first-order chi connectivity index (χ1) is 7.63. The second kappa shape index (κ2) is 8.17. The van der Waals surface area contributed by atoms with Crippen LogP contribution in [0.5, 0.6) is 5.75 Å². The Morgan fingerprint density at radius 3 is 2.82 bits per heavy atom. The summed E-state index contributed by atoms with van der Waals surface area (Å²) in [7, 11) is 0. The molecule has 0 radical (unpaired) electrons. The molecule has 0 heterocycles. The first kappa shape index (κ1) is 16.0. The smallest absolute Gasteiger partial charge is 0.257 e. The van der Waals surface area contributed by atoms with Crippen LogP contribution in [0.4, 0.5) is 0 Å². The standard InChI is InChI=1S/C11H15ClN2O2.ClH/c1-8-6-9(12)2-3-10(8)16-7-11(15)14-5-4-13;/h2-3,6H,4-5,7,13H2,1H3,(H,14,15);1H. The summed E-state index contributed by atoms with van der Waals surface area (Å²) in [5.74, 6) is 0.479. The molecule has 0 aliphatic rings. The number of rotatable bonds is 5. The monoisotopic (exact) mass is 278 g/mol. The number of nitrogens with one attached hydrogen (secondary N) is 1. The van der Waals surface area contributed by atoms with Crippen LogP contribution in [0, 0.1) is 6.92 Å². The molecule has 0 unspecified atom stereocenters. The minimum absolute atomic E-state index is 0. The SMILES string of the molecule is Cc1cc(Cl)ccc1OCC(=O)NCCN.Cl. The topological polar surface area (TPSA) is 64.3 Å². The number of aryl methyl sites for hydroxylation is 1. The molecular formula is C11H16Cl2N2O2. The van der Waals surface area contributed by atoms with Gasteiger partial charge in [0.25, 0.3) is 5.91 Å². The van der Waals surface area contributed by atoms with Crippen LogP contribution in [0.3, 0.4) is 0 Å². The molecule has 4 nitrogen and oxygen atoms in total. The molecule has 17 heavy (non-hydrogen) atoms. The molecule has 6 heteroatoms. The molecule has 1 aromatic carbocycles. The molecule has 0 aromatic heterocycles. The van der Waals surface area contributed by atoms with E-state index in [1.165, 1.54) is 0 Å². The number of nitrogens with two attached hydrogens (primary N) is 1. The summed E-state index contributed by atoms with van der Waals surface area (Å²) in [6.07, 6.45) is 0. The zero-order chi connectivity index (χ0) is 12.0. The molecule has 1 aromatic rings. The van der Waals surface area contributed by atoms with Gasteiger partial charge in [-0.05, 0) is 30.7 Å². The van der Waals surface area contributed by atoms with Gasteiger partial charge in [-0.25, -0.2) is 0 Å². The third-order valence-electron chi connectivity index (χ3n) is 1.96. The van der Waals surface area contributed by atoms with Gasteiger partial charge in [0, 0.05) is 18.1 Å². The molecule has 0 atom stereocenters. The maximum Gasteiger partial charge on any atom is 0.257 e. The molecular weight excluding hydrogens is 263 g/mol. The van der Waals surface area contributed by atoms with E-state index in [2.05, 4.69) is 5.32 Å². The van der Waals surface area contributed by atoms with Gasteiger partial charge in [0.2, 0.25) is 0 Å². The van der Waals surface area contributed by atoms with E-state index in [9.17, 15) is 4.79 Å². The Kier molecular flexibility index (Phi) is 7.70. The van der Waals surface area contributed by atoms with E-state index in [1.54, 1.807) is 18.2 Å². The van der Waals surface area contributed by atoms with Crippen LogP contribution in [0.2, 0.25) is 5.02 Å². The molecule has 96 valence electrons. The largest absolute Gasteiger partial charge is 0.484 e. The number of halogens is 2. The zero-order valence-corrected chi connectivity index (χ0v) is 11.1. The van der Waals surface area contributed by atoms with Crippen molar-refractivity contribution in [1.29, 1.82) is 0 Å². The third kappa shape index (κ3) is 5.77. The van der Waals surface area contributed by atoms with Crippen LogP contribution < -0.4 is 15.8 Å². The fraction of sp³-hybridized carbons (Fsp3) is 0.364. The van der Waals surface area contributed by atoms with Gasteiger partial charge in [0.15, 0.2) is 6.61 Å². The van der Waals surface area contributed by atoms with Crippen molar-refractivity contribution in [3.63, 3.8) is 0 Å². The molecule has 0 saturated heterocycles. The van der Waals surface area contributed by atoms with Crippen LogP contribution in [-0.2, 0) is 4.79 Å². The molecule has 0 aliphatic carbocycles. The van der Waals surface area contributed by atoms with E-state index >= 15 is 0 Å². The Labute approximate surface area is 112 Å². The first-order valence-electron chi connectivity index (χ1n) is 4.99. The molecule has 0 saturated carbocycles. The number of carbonyl (C=O) groups is 1. The molecule has 0 spiro atoms. The summed E-state index contributed by atoms with van der Waals surface area (Å²) in [6, 6.07) is 5.25. The van der Waals surface area contributed by atoms with Gasteiger partial charge < -0.3 is 15.8 Å². The first-order valence-corrected chi connectivity index (χ1v) is 5.37. The quantitative estimate of drug-likeness (QED) is 0.859. The fourth-order valence-electron chi connectivity index (χ4n) is 1.18. The number of ether oxygens (including phenoxy) is 1. The lowest BCUT2D eigenvalue weighted by Gasteiger charge is -2.09. The summed E-state index contributed by atoms with van der Waals surface area (Å²) < 4.78 is 5.34. The van der Waals surface area contributed by atoms with Gasteiger partial charge in [0.1, 0.15) is 5.75 Å². The highest BCUT2D eigenvalue weighted by atomic mass is 35.5. The van der Waals surface area contributed by atoms with E-state index in [0.717, 1.165) is 5.56 Å². The molecule has 1 rings (SSSR count). The number of hydrogen-bond donors (Lipinski definition) is 2. The van der Waals surface area contributed by atoms with Crippen LogP contribution in [0.25, 0.3) is 0 Å². The van der Waals surface area contributed by atoms with E-state index in [0.29, 0.717) is 23.9 Å². The van der Waals surface area contributed by atoms with Crippen molar-refractivity contribution >= 4 is 29.9 Å². The lowest BCUT2D eigenvalue weighted by atomic mass is 10.2. The van der Waals surface area contributed by atoms with E-state index in [-0.39, 0.29) is 24.9 Å². The van der Waals surface area contributed by atoms with E-state index in [1.807, 2.05) is 6.92 Å². The van der Waals surface area contributed by atoms with Crippen molar-refractivity contribution in [3.8, 4) is 5.75 Å². The van der Waals surface area contributed by atoms with Crippen molar-refractivity contribution in [1.82, 2.24) is 5.32 Å². The molecule has 0 fully saturated rings. The predicted octanol–water partition coefficient (Wildman–Crippen LogP) is 1.52. The Morgan fingerprint density at radius 1 is 1.53 bits per heavy atom. The minimum Gasteiger partial charge on any atom is -0.484 e. The lowest BCUT2D eigenvalue weighted by Crippen LogP contribution is -2.32. The van der Waals surface area contributed by atoms with Crippen molar-refractivity contribution in [3.05, 3.63) is 28.8 Å². The van der Waals surface area contributed by atoms with Gasteiger partial charge in [-0.1, -0.05) is 11.6 Å². The van der Waals surface area contributed by atoms with Crippen molar-refractivity contribution in [2.75, 3.05) is 19.7 Å². The number of benzene rings is 1. The number of carbonyl (C=O) groups excluding carboxylic acids is 1. The van der Waals surface area contributed by atoms with Crippen LogP contribution in [0.15, 0.2) is 18.2 Å². The van der Waals surface area contributed by atoms with Crippen LogP contribution in [-0.4, -0.2) is 25.6 Å². The van der Waals surface area contributed by atoms with Crippen molar-refractivity contribution in [2.24, 2.45) is 5.73 Å². The Hall–Kier alpha value is -0.970. The number of amides is 1. The lowest BCUT2D eigenvalue weighted by molar-refractivity contribution is -0.123. The van der Waals surface area contributed by atoms with Gasteiger partial charge in [-0.15, -0.1) is 12.4 Å². The Morgan fingerprint density at radius 2 is 2.24 bits per heavy atom. The summed E-state index contributed by atoms with van der Waals surface area (Å²) in [6.45, 7) is 2.75. The average Bonchev–Trinajstić information content (AvgIpc) is 2.25. The summed E-state index contributed by atoms with van der Waals surface area (Å²) in [4.78, 5) is 11.2. The maximum atomic E-state index is 11.2. The molecule has 0 bridgehead atoms. The third-order valence-corrected chi connectivity index (χ3v) is 2.20. The van der Waals surface area contributed by atoms with E-state index in [4.69, 9.17) is 22.1 Å². The van der Waals surface area contributed by atoms with Crippen LogP contribution in [0.1, 0.15) is 5.56 Å². The highest BCUT2D eigenvalue weighted by molar-refractivity contribution is 6.30. The molecule has 0 aliphatic heterocycles. The minimum atomic E-state index is -0.181. The highest BCUT2D eigenvalue weighted by Gasteiger charge is 2.04. The second-order valence-corrected chi connectivity index (χ2v) is 3.77. The molecule has 3 N–H and O–H groups in total. The van der Waals surface area contributed by atoms with Gasteiger partial charge in [0.05, 0.1) is 0 Å². The summed E-state index contributed by atoms with van der Waals surface area (Å²) >= 11 is 5.80. The van der Waals surface area contributed by atoms with Crippen molar-refractivity contribution < 1.29 is 9.53 Å². The number of hydrogen-bond acceptors (Lipinski definition) is 3. The van der Waals surface area contributed by atoms with E-state index < -0.39 is 0 Å². The fourth-order valence-corrected chi connectivity index (χ4v) is 1.41. The van der Waals surface area contributed by atoms with Gasteiger partial charge >= 0.3 is 0 Å². The van der Waals surface area contributed by atoms with Gasteiger partial charge in [-0.3, -0.25) is 4.79 Å². The summed E-state index contributed by atoms with van der Waals surface area (Å²) in [5, 5.41) is 3.27.